The number of rotatable bonds is 0. The van der Waals surface area contributed by atoms with E-state index >= 15 is 0 Å². The molecule has 0 heterocycles. The normalized spacial score (nSPS) is 6.55. The van der Waals surface area contributed by atoms with Crippen LogP contribution in [0, 0.1) is 0 Å². The summed E-state index contributed by atoms with van der Waals surface area (Å²) in [7, 11) is -5.99. The Morgan fingerprint density at radius 2 is 0.909 bits per heavy atom. The van der Waals surface area contributed by atoms with E-state index in [2.05, 4.69) is 0 Å². The molecule has 0 saturated carbocycles. The van der Waals surface area contributed by atoms with Crippen molar-refractivity contribution in [2.24, 2.45) is 0 Å². The summed E-state index contributed by atoms with van der Waals surface area (Å²) in [5, 5.41) is 0. The maximum Gasteiger partial charge on any atom is 0.0755 e. The topological polar surface area (TPSA) is 161 Å². The SMILES string of the molecule is O.[Al+3].[CaH2].[O-]P(O)O.[O-]P([O-])O. The van der Waals surface area contributed by atoms with Crippen LogP contribution < -0.4 is 14.7 Å². The van der Waals surface area contributed by atoms with Gasteiger partial charge in [0.15, 0.2) is 0 Å². The van der Waals surface area contributed by atoms with Gasteiger partial charge in [-0.25, -0.2) is 0 Å². The zero-order valence-electron chi connectivity index (χ0n) is 4.54. The van der Waals surface area contributed by atoms with Crippen LogP contribution in [0.25, 0.3) is 0 Å². The molecule has 0 saturated heterocycles. The van der Waals surface area contributed by atoms with E-state index < -0.39 is 17.2 Å². The van der Waals surface area contributed by atoms with E-state index in [-0.39, 0.29) is 60.6 Å². The maximum absolute atomic E-state index is 8.70. The maximum atomic E-state index is 8.70. The van der Waals surface area contributed by atoms with Crippen molar-refractivity contribution in [1.82, 2.24) is 0 Å². The molecule has 0 unspecified atom stereocenters. The standard InChI is InChI=1S/Al.Ca.H2O3P.HO3P.H2O.2H/c;;2*1-4(2)3;;;/h;;1-2H;1H;1H2;;/q+3;;-1;-2;;;. The van der Waals surface area contributed by atoms with E-state index in [1.165, 1.54) is 0 Å². The Hall–Kier alpha value is 2.37. The van der Waals surface area contributed by atoms with Gasteiger partial charge in [-0.3, -0.25) is 0 Å². The molecule has 0 aromatic heterocycles. The van der Waals surface area contributed by atoms with E-state index in [0.29, 0.717) is 0 Å². The zero-order valence-corrected chi connectivity index (χ0v) is 7.48. The van der Waals surface area contributed by atoms with Crippen molar-refractivity contribution >= 4 is 72.3 Å². The van der Waals surface area contributed by atoms with E-state index in [1.54, 1.807) is 0 Å². The number of hydrogen-bond acceptors (Lipinski definition) is 6. The van der Waals surface area contributed by atoms with Gasteiger partial charge in [-0.05, 0) is 0 Å². The van der Waals surface area contributed by atoms with Crippen LogP contribution in [-0.2, 0) is 0 Å². The van der Waals surface area contributed by atoms with Gasteiger partial charge in [0.25, 0.3) is 0 Å². The molecule has 11 heavy (non-hydrogen) atoms. The van der Waals surface area contributed by atoms with Crippen molar-refractivity contribution in [1.29, 1.82) is 0 Å². The van der Waals surface area contributed by atoms with Crippen molar-refractivity contribution in [3.8, 4) is 0 Å². The Morgan fingerprint density at radius 3 is 0.909 bits per heavy atom. The van der Waals surface area contributed by atoms with E-state index in [4.69, 9.17) is 29.4 Å². The summed E-state index contributed by atoms with van der Waals surface area (Å²) >= 11 is 0. The molecule has 7 nitrogen and oxygen atoms in total. The minimum absolute atomic E-state index is 0. The summed E-state index contributed by atoms with van der Waals surface area (Å²) < 4.78 is 0. The fraction of sp³-hybridized carbons (Fsp3) is 0. The fourth-order valence-electron chi connectivity index (χ4n) is 0. The third-order valence-corrected chi connectivity index (χ3v) is 0. The predicted molar refractivity (Wildman–Crippen MR) is 38.4 cm³/mol. The zero-order chi connectivity index (χ0) is 7.15. The van der Waals surface area contributed by atoms with Gasteiger partial charge in [0.2, 0.25) is 0 Å². The van der Waals surface area contributed by atoms with Gasteiger partial charge in [-0.1, -0.05) is 0 Å². The first-order valence-electron chi connectivity index (χ1n) is 1.15. The van der Waals surface area contributed by atoms with Crippen LogP contribution in [0.15, 0.2) is 0 Å². The number of hydrogen-bond donors (Lipinski definition) is 3. The molecule has 0 aromatic carbocycles. The molecule has 5 N–H and O–H groups in total. The molecular formula is H7AlCaO7P2. The Balaban J connectivity index is -0.0000000171. The molecule has 0 aliphatic carbocycles. The van der Waals surface area contributed by atoms with Gasteiger partial charge < -0.3 is 34.8 Å². The van der Waals surface area contributed by atoms with Crippen LogP contribution >= 0.6 is 17.2 Å². The summed E-state index contributed by atoms with van der Waals surface area (Å²) in [6, 6.07) is 0. The van der Waals surface area contributed by atoms with Crippen LogP contribution in [0.2, 0.25) is 0 Å². The van der Waals surface area contributed by atoms with Crippen molar-refractivity contribution in [2.75, 3.05) is 0 Å². The molecule has 0 aromatic rings. The van der Waals surface area contributed by atoms with Crippen LogP contribution in [-0.4, -0.2) is 75.3 Å². The van der Waals surface area contributed by atoms with Crippen molar-refractivity contribution in [3.63, 3.8) is 0 Å². The molecule has 0 aliphatic rings. The Bertz CT molecular complexity index is 31.9. The molecule has 0 fully saturated rings. The second kappa shape index (κ2) is 22.8. The van der Waals surface area contributed by atoms with Crippen LogP contribution in [0.3, 0.4) is 0 Å². The minimum atomic E-state index is -3.12. The summed E-state index contributed by atoms with van der Waals surface area (Å²) in [6.07, 6.45) is 0. The Morgan fingerprint density at radius 1 is 0.909 bits per heavy atom. The smallest absolute Gasteiger partial charge is 0.0755 e. The monoisotopic (exact) mass is 248 g/mol. The van der Waals surface area contributed by atoms with Gasteiger partial charge >= 0.3 is 55.1 Å². The second-order valence-electron chi connectivity index (χ2n) is 0.491. The van der Waals surface area contributed by atoms with Gasteiger partial charge in [0, 0.05) is 0 Å². The van der Waals surface area contributed by atoms with Crippen LogP contribution in [0.4, 0.5) is 0 Å². The fourth-order valence-corrected chi connectivity index (χ4v) is 0. The Kier molecular flexibility index (Phi) is 60.6. The summed E-state index contributed by atoms with van der Waals surface area (Å²) in [4.78, 5) is 47.1. The molecule has 0 atom stereocenters. The van der Waals surface area contributed by atoms with Crippen molar-refractivity contribution in [3.05, 3.63) is 0 Å². The molecular weight excluding hydrogens is 241 g/mol. The van der Waals surface area contributed by atoms with E-state index in [0.717, 1.165) is 0 Å². The first-order valence-corrected chi connectivity index (χ1v) is 3.44. The van der Waals surface area contributed by atoms with E-state index in [1.807, 2.05) is 0 Å². The van der Waals surface area contributed by atoms with Gasteiger partial charge in [0.05, 0.1) is 8.60 Å². The average Bonchev–Trinajstić information content (AvgIpc) is 1.25. The average molecular weight is 248 g/mol. The molecule has 0 radical (unpaired) electrons. The Labute approximate surface area is 106 Å². The predicted octanol–water partition coefficient (Wildman–Crippen LogP) is -5.64. The first-order chi connectivity index (χ1) is 3.46. The molecule has 0 rings (SSSR count). The van der Waals surface area contributed by atoms with Crippen molar-refractivity contribution < 1.29 is 34.8 Å². The quantitative estimate of drug-likeness (QED) is 0.286. The van der Waals surface area contributed by atoms with Crippen LogP contribution in [0.5, 0.6) is 0 Å². The van der Waals surface area contributed by atoms with Gasteiger partial charge in [0.1, 0.15) is 0 Å². The second-order valence-corrected chi connectivity index (χ2v) is 1.47. The van der Waals surface area contributed by atoms with E-state index in [9.17, 15) is 0 Å². The summed E-state index contributed by atoms with van der Waals surface area (Å²) in [5.74, 6) is 0. The molecule has 0 amide bonds. The first kappa shape index (κ1) is 29.2. The third-order valence-electron chi connectivity index (χ3n) is 0. The molecule has 0 bridgehead atoms. The van der Waals surface area contributed by atoms with Crippen molar-refractivity contribution in [2.45, 2.75) is 0 Å². The van der Waals surface area contributed by atoms with Crippen LogP contribution in [0.1, 0.15) is 0 Å². The van der Waals surface area contributed by atoms with Gasteiger partial charge in [-0.2, -0.15) is 8.60 Å². The molecule has 0 aliphatic heterocycles. The third kappa shape index (κ3) is 237. The summed E-state index contributed by atoms with van der Waals surface area (Å²) in [5.41, 5.74) is 0. The molecule has 64 valence electrons. The molecule has 11 heteroatoms. The summed E-state index contributed by atoms with van der Waals surface area (Å²) in [6.45, 7) is 0. The molecule has 0 spiro atoms. The minimum Gasteiger partial charge on any atom is -0.820 e. The van der Waals surface area contributed by atoms with Gasteiger partial charge in [-0.15, -0.1) is 0 Å². The largest absolute Gasteiger partial charge is 0.820 e.